The van der Waals surface area contributed by atoms with Crippen molar-refractivity contribution in [2.24, 2.45) is 11.7 Å². The van der Waals surface area contributed by atoms with Gasteiger partial charge in [0.05, 0.1) is 6.61 Å². The van der Waals surface area contributed by atoms with Gasteiger partial charge in [0.1, 0.15) is 0 Å². The molecule has 0 amide bonds. The monoisotopic (exact) mass is 188 g/mol. The fraction of sp³-hybridized carbons (Fsp3) is 1.00. The molecule has 0 aromatic carbocycles. The molecule has 0 aliphatic rings. The van der Waals surface area contributed by atoms with E-state index in [1.807, 2.05) is 0 Å². The highest BCUT2D eigenvalue weighted by atomic mass is 16.5. The van der Waals surface area contributed by atoms with Crippen LogP contribution in [0.5, 0.6) is 0 Å². The van der Waals surface area contributed by atoms with Gasteiger partial charge in [0.25, 0.3) is 0 Å². The van der Waals surface area contributed by atoms with Crippen LogP contribution in [0.1, 0.15) is 20.3 Å². The Morgan fingerprint density at radius 3 is 2.54 bits per heavy atom. The molecule has 0 aliphatic heterocycles. The van der Waals surface area contributed by atoms with E-state index in [1.54, 1.807) is 0 Å². The first-order valence-electron chi connectivity index (χ1n) is 5.13. The summed E-state index contributed by atoms with van der Waals surface area (Å²) < 4.78 is 5.29. The summed E-state index contributed by atoms with van der Waals surface area (Å²) >= 11 is 0. The van der Waals surface area contributed by atoms with Crippen LogP contribution in [0.3, 0.4) is 0 Å². The predicted molar refractivity (Wildman–Crippen MR) is 56.8 cm³/mol. The number of hydrogen-bond acceptors (Lipinski definition) is 3. The van der Waals surface area contributed by atoms with Crippen molar-refractivity contribution >= 4 is 0 Å². The average Bonchev–Trinajstić information content (AvgIpc) is 2.02. The van der Waals surface area contributed by atoms with E-state index in [0.717, 1.165) is 32.0 Å². The van der Waals surface area contributed by atoms with Gasteiger partial charge in [-0.05, 0) is 19.4 Å². The summed E-state index contributed by atoms with van der Waals surface area (Å²) in [5.41, 5.74) is 5.30. The van der Waals surface area contributed by atoms with Gasteiger partial charge in [-0.1, -0.05) is 13.8 Å². The minimum Gasteiger partial charge on any atom is -0.380 e. The highest BCUT2D eigenvalue weighted by Gasteiger charge is 2.00. The minimum atomic E-state index is 0.627. The number of nitrogens with two attached hydrogens (primary N) is 1. The van der Waals surface area contributed by atoms with Crippen molar-refractivity contribution in [1.29, 1.82) is 0 Å². The van der Waals surface area contributed by atoms with Crippen molar-refractivity contribution < 1.29 is 4.74 Å². The second-order valence-electron chi connectivity index (χ2n) is 3.91. The lowest BCUT2D eigenvalue weighted by atomic mass is 10.2. The van der Waals surface area contributed by atoms with Crippen LogP contribution in [0.4, 0.5) is 0 Å². The van der Waals surface area contributed by atoms with Gasteiger partial charge in [-0.15, -0.1) is 0 Å². The molecule has 0 atom stereocenters. The molecule has 0 unspecified atom stereocenters. The Kier molecular flexibility index (Phi) is 8.40. The average molecular weight is 188 g/mol. The number of ether oxygens (including phenoxy) is 1. The first-order valence-corrected chi connectivity index (χ1v) is 5.13. The largest absolute Gasteiger partial charge is 0.380 e. The van der Waals surface area contributed by atoms with Crippen LogP contribution in [-0.2, 0) is 4.74 Å². The summed E-state index contributed by atoms with van der Waals surface area (Å²) in [4.78, 5) is 2.34. The Balaban J connectivity index is 3.12. The Bertz CT molecular complexity index is 107. The molecule has 80 valence electrons. The molecule has 0 saturated carbocycles. The van der Waals surface area contributed by atoms with E-state index < -0.39 is 0 Å². The SMILES string of the molecule is CC(C)CN(C)CCCOCCN. The Hall–Kier alpha value is -0.120. The molecule has 13 heavy (non-hydrogen) atoms. The van der Waals surface area contributed by atoms with Gasteiger partial charge in [-0.3, -0.25) is 0 Å². The van der Waals surface area contributed by atoms with E-state index in [1.165, 1.54) is 0 Å². The maximum Gasteiger partial charge on any atom is 0.0588 e. The quantitative estimate of drug-likeness (QED) is 0.576. The van der Waals surface area contributed by atoms with Gasteiger partial charge in [0, 0.05) is 26.2 Å². The first kappa shape index (κ1) is 12.9. The number of nitrogens with zero attached hydrogens (tertiary/aromatic N) is 1. The van der Waals surface area contributed by atoms with Crippen molar-refractivity contribution in [2.75, 3.05) is 39.9 Å². The van der Waals surface area contributed by atoms with E-state index >= 15 is 0 Å². The molecule has 3 nitrogen and oxygen atoms in total. The fourth-order valence-electron chi connectivity index (χ4n) is 1.34. The predicted octanol–water partition coefficient (Wildman–Crippen LogP) is 0.940. The molecule has 3 heteroatoms. The third-order valence-corrected chi connectivity index (χ3v) is 1.77. The summed E-state index contributed by atoms with van der Waals surface area (Å²) in [6, 6.07) is 0. The molecular weight excluding hydrogens is 164 g/mol. The molecule has 0 aliphatic carbocycles. The lowest BCUT2D eigenvalue weighted by Gasteiger charge is -2.18. The Labute approximate surface area is 82.2 Å². The minimum absolute atomic E-state index is 0.627. The van der Waals surface area contributed by atoms with Crippen LogP contribution in [0.15, 0.2) is 0 Å². The smallest absolute Gasteiger partial charge is 0.0588 e. The maximum absolute atomic E-state index is 5.30. The third-order valence-electron chi connectivity index (χ3n) is 1.77. The third kappa shape index (κ3) is 9.80. The second kappa shape index (κ2) is 8.48. The molecular formula is C10H24N2O. The zero-order valence-electron chi connectivity index (χ0n) is 9.25. The summed E-state index contributed by atoms with van der Waals surface area (Å²) in [7, 11) is 2.16. The first-order chi connectivity index (χ1) is 6.16. The van der Waals surface area contributed by atoms with Crippen molar-refractivity contribution in [2.45, 2.75) is 20.3 Å². The molecule has 0 heterocycles. The standard InChI is InChI=1S/C10H24N2O/c1-10(2)9-12(3)6-4-7-13-8-5-11/h10H,4-9,11H2,1-3H3. The van der Waals surface area contributed by atoms with Crippen molar-refractivity contribution in [3.8, 4) is 0 Å². The van der Waals surface area contributed by atoms with Gasteiger partial charge in [-0.25, -0.2) is 0 Å². The fourth-order valence-corrected chi connectivity index (χ4v) is 1.34. The molecule has 2 N–H and O–H groups in total. The summed E-state index contributed by atoms with van der Waals surface area (Å²) in [6.07, 6.45) is 1.10. The van der Waals surface area contributed by atoms with E-state index in [0.29, 0.717) is 13.2 Å². The van der Waals surface area contributed by atoms with Crippen LogP contribution in [0, 0.1) is 5.92 Å². The lowest BCUT2D eigenvalue weighted by molar-refractivity contribution is 0.129. The zero-order chi connectivity index (χ0) is 10.1. The van der Waals surface area contributed by atoms with Crippen molar-refractivity contribution in [3.63, 3.8) is 0 Å². The molecule has 0 spiro atoms. The molecule has 0 bridgehead atoms. The number of rotatable bonds is 8. The van der Waals surface area contributed by atoms with Crippen molar-refractivity contribution in [3.05, 3.63) is 0 Å². The molecule has 0 rings (SSSR count). The van der Waals surface area contributed by atoms with Gasteiger partial charge in [-0.2, -0.15) is 0 Å². The van der Waals surface area contributed by atoms with E-state index in [9.17, 15) is 0 Å². The molecule has 0 aromatic rings. The van der Waals surface area contributed by atoms with Crippen LogP contribution >= 0.6 is 0 Å². The molecule has 0 aromatic heterocycles. The topological polar surface area (TPSA) is 38.5 Å². The normalized spacial score (nSPS) is 11.5. The van der Waals surface area contributed by atoms with Gasteiger partial charge < -0.3 is 15.4 Å². The summed E-state index contributed by atoms with van der Waals surface area (Å²) in [5, 5.41) is 0. The van der Waals surface area contributed by atoms with Crippen LogP contribution in [-0.4, -0.2) is 44.8 Å². The van der Waals surface area contributed by atoms with Crippen molar-refractivity contribution in [1.82, 2.24) is 4.90 Å². The highest BCUT2D eigenvalue weighted by molar-refractivity contribution is 4.54. The van der Waals surface area contributed by atoms with Crippen LogP contribution in [0.25, 0.3) is 0 Å². The second-order valence-corrected chi connectivity index (χ2v) is 3.91. The Morgan fingerprint density at radius 2 is 2.00 bits per heavy atom. The lowest BCUT2D eigenvalue weighted by Crippen LogP contribution is -2.25. The van der Waals surface area contributed by atoms with Gasteiger partial charge in [0.15, 0.2) is 0 Å². The van der Waals surface area contributed by atoms with Gasteiger partial charge in [0.2, 0.25) is 0 Å². The van der Waals surface area contributed by atoms with E-state index in [2.05, 4.69) is 25.8 Å². The summed E-state index contributed by atoms with van der Waals surface area (Å²) in [6.45, 7) is 8.90. The van der Waals surface area contributed by atoms with E-state index in [4.69, 9.17) is 10.5 Å². The van der Waals surface area contributed by atoms with Crippen LogP contribution < -0.4 is 5.73 Å². The molecule has 0 radical (unpaired) electrons. The maximum atomic E-state index is 5.30. The summed E-state index contributed by atoms with van der Waals surface area (Å²) in [5.74, 6) is 0.745. The molecule has 0 saturated heterocycles. The highest BCUT2D eigenvalue weighted by Crippen LogP contribution is 1.96. The van der Waals surface area contributed by atoms with E-state index in [-0.39, 0.29) is 0 Å². The van der Waals surface area contributed by atoms with Crippen LogP contribution in [0.2, 0.25) is 0 Å². The zero-order valence-corrected chi connectivity index (χ0v) is 9.25. The van der Waals surface area contributed by atoms with Gasteiger partial charge >= 0.3 is 0 Å². The number of hydrogen-bond donors (Lipinski definition) is 1. The molecule has 0 fully saturated rings. The Morgan fingerprint density at radius 1 is 1.31 bits per heavy atom.